The highest BCUT2D eigenvalue weighted by Crippen LogP contribution is 2.31. The van der Waals surface area contributed by atoms with Crippen LogP contribution in [-0.4, -0.2) is 26.1 Å². The van der Waals surface area contributed by atoms with Crippen molar-refractivity contribution < 1.29 is 13.2 Å². The number of nitrogens with zero attached hydrogens (tertiary/aromatic N) is 1. The van der Waals surface area contributed by atoms with Gasteiger partial charge in [0.2, 0.25) is 15.9 Å². The third kappa shape index (κ3) is 2.80. The van der Waals surface area contributed by atoms with Crippen molar-refractivity contribution >= 4 is 27.3 Å². The number of benzene rings is 1. The van der Waals surface area contributed by atoms with Crippen LogP contribution in [0.4, 0.5) is 11.4 Å². The Kier molecular flexibility index (Phi) is 4.04. The van der Waals surface area contributed by atoms with E-state index in [1.165, 1.54) is 0 Å². The fourth-order valence-corrected chi connectivity index (χ4v) is 2.89. The first kappa shape index (κ1) is 14.8. The van der Waals surface area contributed by atoms with Crippen LogP contribution in [0.5, 0.6) is 0 Å². The number of hydrogen-bond acceptors (Lipinski definition) is 3. The number of carbonyl (C=O) groups excluding carboxylic acids is 1. The van der Waals surface area contributed by atoms with E-state index in [1.807, 2.05) is 13.0 Å². The normalized spacial score (nSPS) is 14.8. The van der Waals surface area contributed by atoms with E-state index in [0.29, 0.717) is 18.7 Å². The maximum Gasteiger partial charge on any atom is 0.235 e. The van der Waals surface area contributed by atoms with Gasteiger partial charge in [0.05, 0.1) is 11.7 Å². The van der Waals surface area contributed by atoms with Crippen LogP contribution >= 0.6 is 0 Å². The first-order chi connectivity index (χ1) is 9.35. The van der Waals surface area contributed by atoms with Gasteiger partial charge in [0.15, 0.2) is 0 Å². The van der Waals surface area contributed by atoms with Gasteiger partial charge >= 0.3 is 0 Å². The summed E-state index contributed by atoms with van der Waals surface area (Å²) in [6, 6.07) is 5.27. The molecule has 1 aromatic rings. The highest BCUT2D eigenvalue weighted by Gasteiger charge is 2.27. The highest BCUT2D eigenvalue weighted by atomic mass is 32.2. The van der Waals surface area contributed by atoms with Crippen LogP contribution in [0.15, 0.2) is 18.2 Å². The van der Waals surface area contributed by atoms with Crippen molar-refractivity contribution in [2.24, 2.45) is 0 Å². The molecule has 1 amide bonds. The van der Waals surface area contributed by atoms with Crippen molar-refractivity contribution in [2.45, 2.75) is 38.9 Å². The Morgan fingerprint density at radius 1 is 1.35 bits per heavy atom. The molecule has 0 fully saturated rings. The molecule has 6 heteroatoms. The molecule has 0 aromatic heterocycles. The van der Waals surface area contributed by atoms with Gasteiger partial charge in [-0.15, -0.1) is 0 Å². The summed E-state index contributed by atoms with van der Waals surface area (Å²) in [5.41, 5.74) is 2.29. The molecule has 5 nitrogen and oxygen atoms in total. The summed E-state index contributed by atoms with van der Waals surface area (Å²) in [6.45, 7) is 5.98. The molecule has 1 aliphatic rings. The number of carbonyl (C=O) groups is 1. The summed E-state index contributed by atoms with van der Waals surface area (Å²) < 4.78 is 26.2. The lowest BCUT2D eigenvalue weighted by Crippen LogP contribution is -2.27. The Balaban J connectivity index is 2.27. The summed E-state index contributed by atoms with van der Waals surface area (Å²) in [4.78, 5) is 13.7. The standard InChI is InChI=1S/C14H20N2O3S/c1-4-7-16-13-6-5-12(8-11(13)9-14(16)17)15-20(18,19)10(2)3/h5-6,8,10,15H,4,7,9H2,1-3H3. The monoisotopic (exact) mass is 296 g/mol. The molecule has 0 radical (unpaired) electrons. The van der Waals surface area contributed by atoms with Crippen LogP contribution in [0.1, 0.15) is 32.8 Å². The zero-order valence-electron chi connectivity index (χ0n) is 12.0. The summed E-state index contributed by atoms with van der Waals surface area (Å²) in [6.07, 6.45) is 1.24. The Bertz CT molecular complexity index is 623. The minimum Gasteiger partial charge on any atom is -0.312 e. The second-order valence-corrected chi connectivity index (χ2v) is 7.50. The van der Waals surface area contributed by atoms with Crippen molar-refractivity contribution in [3.05, 3.63) is 23.8 Å². The molecule has 0 spiro atoms. The van der Waals surface area contributed by atoms with E-state index in [4.69, 9.17) is 0 Å². The maximum absolute atomic E-state index is 11.9. The average Bonchev–Trinajstić information content (AvgIpc) is 2.65. The van der Waals surface area contributed by atoms with Crippen LogP contribution in [0.3, 0.4) is 0 Å². The molecular weight excluding hydrogens is 276 g/mol. The second-order valence-electron chi connectivity index (χ2n) is 5.26. The summed E-state index contributed by atoms with van der Waals surface area (Å²) in [5, 5.41) is -0.492. The Morgan fingerprint density at radius 2 is 2.05 bits per heavy atom. The summed E-state index contributed by atoms with van der Waals surface area (Å²) in [5.74, 6) is 0.0747. The van der Waals surface area contributed by atoms with Crippen molar-refractivity contribution in [3.8, 4) is 0 Å². The SMILES string of the molecule is CCCN1C(=O)Cc2cc(NS(=O)(=O)C(C)C)ccc21. The second kappa shape index (κ2) is 5.44. The lowest BCUT2D eigenvalue weighted by Gasteiger charge is -2.17. The molecule has 0 atom stereocenters. The summed E-state index contributed by atoms with van der Waals surface area (Å²) >= 11 is 0. The van der Waals surface area contributed by atoms with Gasteiger partial charge in [0, 0.05) is 17.9 Å². The molecule has 0 unspecified atom stereocenters. The molecule has 0 aliphatic carbocycles. The molecule has 2 rings (SSSR count). The van der Waals surface area contributed by atoms with E-state index < -0.39 is 15.3 Å². The first-order valence-electron chi connectivity index (χ1n) is 6.80. The number of sulfonamides is 1. The lowest BCUT2D eigenvalue weighted by molar-refractivity contribution is -0.117. The summed E-state index contributed by atoms with van der Waals surface area (Å²) in [7, 11) is -3.35. The molecule has 0 bridgehead atoms. The molecule has 1 N–H and O–H groups in total. The van der Waals surface area contributed by atoms with E-state index in [1.54, 1.807) is 30.9 Å². The zero-order valence-corrected chi connectivity index (χ0v) is 12.8. The van der Waals surface area contributed by atoms with Crippen LogP contribution in [0, 0.1) is 0 Å². The molecular formula is C14H20N2O3S. The predicted molar refractivity (Wildman–Crippen MR) is 80.5 cm³/mol. The third-order valence-corrected chi connectivity index (χ3v) is 5.10. The lowest BCUT2D eigenvalue weighted by atomic mass is 10.1. The Morgan fingerprint density at radius 3 is 2.65 bits per heavy atom. The topological polar surface area (TPSA) is 66.5 Å². The minimum absolute atomic E-state index is 0.0747. The van der Waals surface area contributed by atoms with Gasteiger partial charge in [-0.2, -0.15) is 0 Å². The smallest absolute Gasteiger partial charge is 0.235 e. The minimum atomic E-state index is -3.35. The average molecular weight is 296 g/mol. The number of hydrogen-bond donors (Lipinski definition) is 1. The first-order valence-corrected chi connectivity index (χ1v) is 8.34. The Hall–Kier alpha value is -1.56. The van der Waals surface area contributed by atoms with E-state index in [2.05, 4.69) is 4.72 Å². The van der Waals surface area contributed by atoms with E-state index in [-0.39, 0.29) is 5.91 Å². The van der Waals surface area contributed by atoms with E-state index >= 15 is 0 Å². The molecule has 1 aromatic carbocycles. The molecule has 0 saturated heterocycles. The van der Waals surface area contributed by atoms with Gasteiger partial charge in [0.25, 0.3) is 0 Å². The zero-order chi connectivity index (χ0) is 14.9. The third-order valence-electron chi connectivity index (χ3n) is 3.34. The number of amides is 1. The van der Waals surface area contributed by atoms with Crippen LogP contribution in [-0.2, 0) is 21.2 Å². The maximum atomic E-state index is 11.9. The fourth-order valence-electron chi connectivity index (χ4n) is 2.20. The highest BCUT2D eigenvalue weighted by molar-refractivity contribution is 7.93. The van der Waals surface area contributed by atoms with E-state index in [9.17, 15) is 13.2 Å². The van der Waals surface area contributed by atoms with Crippen molar-refractivity contribution in [1.29, 1.82) is 0 Å². The van der Waals surface area contributed by atoms with E-state index in [0.717, 1.165) is 17.7 Å². The molecule has 20 heavy (non-hydrogen) atoms. The van der Waals surface area contributed by atoms with Crippen molar-refractivity contribution in [2.75, 3.05) is 16.2 Å². The molecule has 0 saturated carbocycles. The molecule has 1 heterocycles. The van der Waals surface area contributed by atoms with Gasteiger partial charge in [-0.05, 0) is 44.0 Å². The number of anilines is 2. The van der Waals surface area contributed by atoms with Gasteiger partial charge in [-0.3, -0.25) is 9.52 Å². The van der Waals surface area contributed by atoms with Crippen LogP contribution in [0.2, 0.25) is 0 Å². The Labute approximate surface area is 120 Å². The number of rotatable bonds is 5. The van der Waals surface area contributed by atoms with Crippen molar-refractivity contribution in [3.63, 3.8) is 0 Å². The van der Waals surface area contributed by atoms with Crippen LogP contribution < -0.4 is 9.62 Å². The van der Waals surface area contributed by atoms with Gasteiger partial charge < -0.3 is 4.90 Å². The molecule has 1 aliphatic heterocycles. The van der Waals surface area contributed by atoms with Gasteiger partial charge in [-0.1, -0.05) is 6.92 Å². The predicted octanol–water partition coefficient (Wildman–Crippen LogP) is 2.14. The number of fused-ring (bicyclic) bond motifs is 1. The van der Waals surface area contributed by atoms with Gasteiger partial charge in [-0.25, -0.2) is 8.42 Å². The fraction of sp³-hybridized carbons (Fsp3) is 0.500. The molecule has 110 valence electrons. The number of nitrogens with one attached hydrogen (secondary N) is 1. The quantitative estimate of drug-likeness (QED) is 0.905. The van der Waals surface area contributed by atoms with Crippen LogP contribution in [0.25, 0.3) is 0 Å². The van der Waals surface area contributed by atoms with Crippen molar-refractivity contribution in [1.82, 2.24) is 0 Å². The largest absolute Gasteiger partial charge is 0.312 e. The van der Waals surface area contributed by atoms with Gasteiger partial charge in [0.1, 0.15) is 0 Å².